The maximum Gasteiger partial charge on any atom is 0.328 e. The fourth-order valence-corrected chi connectivity index (χ4v) is 1.71. The molecule has 1 N–H and O–H groups in total. The maximum absolute atomic E-state index is 13.8. The molecular weight excluding hydrogens is 259 g/mol. The molecule has 2 aromatic carbocycles. The number of aliphatic carboxylic acids is 1. The largest absolute Gasteiger partial charge is 0.478 e. The molecule has 0 unspecified atom stereocenters. The first-order valence-corrected chi connectivity index (χ1v) is 6.01. The summed E-state index contributed by atoms with van der Waals surface area (Å²) in [4.78, 5) is 10.6. The molecule has 0 bridgehead atoms. The molecule has 0 amide bonds. The molecule has 0 aromatic heterocycles. The minimum atomic E-state index is -1.14. The highest BCUT2D eigenvalue weighted by atomic mass is 19.1. The number of para-hydroxylation sites is 1. The van der Waals surface area contributed by atoms with Crippen LogP contribution in [-0.2, 0) is 4.79 Å². The minimum absolute atomic E-state index is 0.109. The highest BCUT2D eigenvalue weighted by Crippen LogP contribution is 2.30. The van der Waals surface area contributed by atoms with Gasteiger partial charge in [0.2, 0.25) is 0 Å². The molecule has 2 aromatic rings. The summed E-state index contributed by atoms with van der Waals surface area (Å²) >= 11 is 0. The second kappa shape index (κ2) is 6.02. The van der Waals surface area contributed by atoms with Gasteiger partial charge in [-0.25, -0.2) is 9.18 Å². The summed E-state index contributed by atoms with van der Waals surface area (Å²) in [5.74, 6) is -0.802. The van der Waals surface area contributed by atoms with E-state index in [-0.39, 0.29) is 11.3 Å². The predicted octanol–water partition coefficient (Wildman–Crippen LogP) is 4.02. The van der Waals surface area contributed by atoms with E-state index in [0.717, 1.165) is 11.6 Å². The zero-order chi connectivity index (χ0) is 14.5. The Bertz CT molecular complexity index is 663. The van der Waals surface area contributed by atoms with Crippen LogP contribution in [0.5, 0.6) is 11.5 Å². The van der Waals surface area contributed by atoms with Crippen LogP contribution in [0.4, 0.5) is 4.39 Å². The second-order valence-electron chi connectivity index (χ2n) is 4.19. The van der Waals surface area contributed by atoms with Crippen molar-refractivity contribution in [1.29, 1.82) is 0 Å². The molecule has 0 aliphatic heterocycles. The monoisotopic (exact) mass is 272 g/mol. The Kier molecular flexibility index (Phi) is 4.15. The number of hydrogen-bond acceptors (Lipinski definition) is 2. The molecule has 0 saturated heterocycles. The predicted molar refractivity (Wildman–Crippen MR) is 74.3 cm³/mol. The van der Waals surface area contributed by atoms with Crippen LogP contribution >= 0.6 is 0 Å². The van der Waals surface area contributed by atoms with Gasteiger partial charge in [-0.1, -0.05) is 24.3 Å². The van der Waals surface area contributed by atoms with E-state index >= 15 is 0 Å². The van der Waals surface area contributed by atoms with E-state index in [2.05, 4.69) is 0 Å². The standard InChI is InChI=1S/C16H13FO3/c1-11-5-2-3-7-14(11)20-15-8-4-6-13(17)12(15)9-10-16(18)19/h2-10H,1H3,(H,18,19)/b10-9+. The zero-order valence-electron chi connectivity index (χ0n) is 10.8. The summed E-state index contributed by atoms with van der Waals surface area (Å²) in [5.41, 5.74) is 1.02. The molecular formula is C16H13FO3. The quantitative estimate of drug-likeness (QED) is 0.855. The van der Waals surface area contributed by atoms with Crippen LogP contribution in [0.1, 0.15) is 11.1 Å². The first-order valence-electron chi connectivity index (χ1n) is 6.01. The summed E-state index contributed by atoms with van der Waals surface area (Å²) < 4.78 is 19.4. The fraction of sp³-hybridized carbons (Fsp3) is 0.0625. The van der Waals surface area contributed by atoms with Crippen molar-refractivity contribution >= 4 is 12.0 Å². The van der Waals surface area contributed by atoms with Crippen LogP contribution in [-0.4, -0.2) is 11.1 Å². The molecule has 0 spiro atoms. The lowest BCUT2D eigenvalue weighted by atomic mass is 10.1. The molecule has 0 atom stereocenters. The van der Waals surface area contributed by atoms with Crippen LogP contribution in [0.15, 0.2) is 48.5 Å². The maximum atomic E-state index is 13.8. The van der Waals surface area contributed by atoms with Crippen molar-refractivity contribution in [2.75, 3.05) is 0 Å². The van der Waals surface area contributed by atoms with Gasteiger partial charge in [-0.3, -0.25) is 0 Å². The fourth-order valence-electron chi connectivity index (χ4n) is 1.71. The van der Waals surface area contributed by atoms with Gasteiger partial charge in [-0.15, -0.1) is 0 Å². The highest BCUT2D eigenvalue weighted by Gasteiger charge is 2.09. The topological polar surface area (TPSA) is 46.5 Å². The van der Waals surface area contributed by atoms with E-state index in [1.54, 1.807) is 12.1 Å². The van der Waals surface area contributed by atoms with Crippen LogP contribution in [0.25, 0.3) is 6.08 Å². The van der Waals surface area contributed by atoms with Gasteiger partial charge >= 0.3 is 5.97 Å². The van der Waals surface area contributed by atoms with E-state index in [0.29, 0.717) is 5.75 Å². The van der Waals surface area contributed by atoms with Crippen LogP contribution in [0.2, 0.25) is 0 Å². The SMILES string of the molecule is Cc1ccccc1Oc1cccc(F)c1/C=C/C(=O)O. The number of hydrogen-bond donors (Lipinski definition) is 1. The number of aryl methyl sites for hydroxylation is 1. The zero-order valence-corrected chi connectivity index (χ0v) is 10.8. The number of halogens is 1. The number of carboxylic acid groups (broad SMARTS) is 1. The van der Waals surface area contributed by atoms with Gasteiger partial charge in [-0.2, -0.15) is 0 Å². The van der Waals surface area contributed by atoms with Gasteiger partial charge in [0.25, 0.3) is 0 Å². The number of rotatable bonds is 4. The summed E-state index contributed by atoms with van der Waals surface area (Å²) in [6.45, 7) is 1.88. The Balaban J connectivity index is 2.39. The molecule has 20 heavy (non-hydrogen) atoms. The van der Waals surface area contributed by atoms with E-state index in [1.165, 1.54) is 18.2 Å². The van der Waals surface area contributed by atoms with Crippen molar-refractivity contribution in [3.63, 3.8) is 0 Å². The molecule has 0 fully saturated rings. The Morgan fingerprint density at radius 3 is 2.55 bits per heavy atom. The molecule has 0 saturated carbocycles. The van der Waals surface area contributed by atoms with Crippen molar-refractivity contribution in [1.82, 2.24) is 0 Å². The van der Waals surface area contributed by atoms with Gasteiger partial charge in [-0.05, 0) is 36.8 Å². The van der Waals surface area contributed by atoms with E-state index in [4.69, 9.17) is 9.84 Å². The third kappa shape index (κ3) is 3.23. The Labute approximate surface area is 115 Å². The first-order chi connectivity index (χ1) is 9.58. The van der Waals surface area contributed by atoms with Gasteiger partial charge in [0.1, 0.15) is 17.3 Å². The van der Waals surface area contributed by atoms with Gasteiger partial charge in [0.05, 0.1) is 5.56 Å². The molecule has 0 aliphatic carbocycles. The molecule has 3 nitrogen and oxygen atoms in total. The number of carboxylic acids is 1. The second-order valence-corrected chi connectivity index (χ2v) is 4.19. The third-order valence-corrected chi connectivity index (χ3v) is 2.72. The van der Waals surface area contributed by atoms with Crippen molar-refractivity contribution in [2.45, 2.75) is 6.92 Å². The summed E-state index contributed by atoms with van der Waals surface area (Å²) in [6, 6.07) is 11.7. The van der Waals surface area contributed by atoms with Gasteiger partial charge < -0.3 is 9.84 Å². The minimum Gasteiger partial charge on any atom is -0.478 e. The lowest BCUT2D eigenvalue weighted by Gasteiger charge is -2.11. The van der Waals surface area contributed by atoms with Crippen LogP contribution < -0.4 is 4.74 Å². The lowest BCUT2D eigenvalue weighted by Crippen LogP contribution is -1.93. The normalized spacial score (nSPS) is 10.7. The first kappa shape index (κ1) is 13.8. The third-order valence-electron chi connectivity index (χ3n) is 2.72. The van der Waals surface area contributed by atoms with Crippen molar-refractivity contribution in [3.8, 4) is 11.5 Å². The van der Waals surface area contributed by atoms with Gasteiger partial charge in [0, 0.05) is 6.08 Å². The average molecular weight is 272 g/mol. The number of ether oxygens (including phenoxy) is 1. The van der Waals surface area contributed by atoms with E-state index < -0.39 is 11.8 Å². The smallest absolute Gasteiger partial charge is 0.328 e. The summed E-state index contributed by atoms with van der Waals surface area (Å²) in [7, 11) is 0. The van der Waals surface area contributed by atoms with Crippen LogP contribution in [0.3, 0.4) is 0 Å². The Morgan fingerprint density at radius 1 is 1.15 bits per heavy atom. The summed E-state index contributed by atoms with van der Waals surface area (Å²) in [5, 5.41) is 8.64. The van der Waals surface area contributed by atoms with Crippen LogP contribution in [0, 0.1) is 12.7 Å². The molecule has 4 heteroatoms. The summed E-state index contributed by atoms with van der Waals surface area (Å²) in [6.07, 6.45) is 2.06. The van der Waals surface area contributed by atoms with Crippen molar-refractivity contribution in [3.05, 3.63) is 65.5 Å². The van der Waals surface area contributed by atoms with Crippen molar-refractivity contribution < 1.29 is 19.0 Å². The van der Waals surface area contributed by atoms with E-state index in [9.17, 15) is 9.18 Å². The molecule has 0 radical (unpaired) electrons. The Morgan fingerprint density at radius 2 is 1.85 bits per heavy atom. The molecule has 0 aliphatic rings. The number of benzene rings is 2. The number of carbonyl (C=O) groups is 1. The van der Waals surface area contributed by atoms with Gasteiger partial charge in [0.15, 0.2) is 0 Å². The average Bonchev–Trinajstić information content (AvgIpc) is 2.40. The molecule has 2 rings (SSSR count). The molecule has 0 heterocycles. The van der Waals surface area contributed by atoms with E-state index in [1.807, 2.05) is 25.1 Å². The lowest BCUT2D eigenvalue weighted by molar-refractivity contribution is -0.131. The highest BCUT2D eigenvalue weighted by molar-refractivity contribution is 5.86. The Hall–Kier alpha value is -2.62. The molecule has 102 valence electrons. The van der Waals surface area contributed by atoms with Crippen molar-refractivity contribution in [2.24, 2.45) is 0 Å².